The lowest BCUT2D eigenvalue weighted by molar-refractivity contribution is 0.501. The van der Waals surface area contributed by atoms with Gasteiger partial charge in [0.05, 0.1) is 5.02 Å². The molecule has 0 radical (unpaired) electrons. The van der Waals surface area contributed by atoms with Gasteiger partial charge >= 0.3 is 0 Å². The maximum absolute atomic E-state index is 13.8. The average molecular weight is 302 g/mol. The second kappa shape index (κ2) is 6.46. The molecule has 1 nitrogen and oxygen atoms in total. The van der Waals surface area contributed by atoms with Crippen LogP contribution in [0.15, 0.2) is 29.0 Å². The molecule has 0 amide bonds. The molecule has 0 saturated heterocycles. The standard InChI is InChI=1S/C14H14ClF2NS/c1-18-14(3-2-9-4-5-19-8-9)10-6-13(17)11(15)7-12(10)16/h4-8,14,18H,2-3H2,1H3. The quantitative estimate of drug-likeness (QED) is 0.798. The van der Waals surface area contributed by atoms with E-state index in [4.69, 9.17) is 11.6 Å². The van der Waals surface area contributed by atoms with Gasteiger partial charge in [0.25, 0.3) is 0 Å². The lowest BCUT2D eigenvalue weighted by Gasteiger charge is -2.17. The van der Waals surface area contributed by atoms with Gasteiger partial charge in [-0.05, 0) is 54.4 Å². The molecule has 1 aromatic carbocycles. The van der Waals surface area contributed by atoms with Gasteiger partial charge in [-0.1, -0.05) is 11.6 Å². The van der Waals surface area contributed by atoms with Crippen LogP contribution >= 0.6 is 22.9 Å². The molecule has 1 unspecified atom stereocenters. The van der Waals surface area contributed by atoms with Crippen LogP contribution in [0.4, 0.5) is 8.78 Å². The van der Waals surface area contributed by atoms with Crippen molar-refractivity contribution in [2.45, 2.75) is 18.9 Å². The Balaban J connectivity index is 2.15. The van der Waals surface area contributed by atoms with Crippen LogP contribution < -0.4 is 5.32 Å². The van der Waals surface area contributed by atoms with Gasteiger partial charge in [-0.15, -0.1) is 0 Å². The molecule has 1 aromatic heterocycles. The summed E-state index contributed by atoms with van der Waals surface area (Å²) in [6.07, 6.45) is 1.52. The van der Waals surface area contributed by atoms with Crippen LogP contribution in [0, 0.1) is 11.6 Å². The zero-order valence-corrected chi connectivity index (χ0v) is 12.0. The van der Waals surface area contributed by atoms with Crippen LogP contribution in [0.5, 0.6) is 0 Å². The van der Waals surface area contributed by atoms with Crippen LogP contribution in [-0.4, -0.2) is 7.05 Å². The third-order valence-electron chi connectivity index (χ3n) is 3.07. The van der Waals surface area contributed by atoms with E-state index in [2.05, 4.69) is 10.7 Å². The Labute approximate surface area is 120 Å². The molecule has 1 heterocycles. The van der Waals surface area contributed by atoms with Crippen LogP contribution in [0.1, 0.15) is 23.6 Å². The van der Waals surface area contributed by atoms with E-state index in [1.165, 1.54) is 11.6 Å². The van der Waals surface area contributed by atoms with Gasteiger partial charge in [0.15, 0.2) is 0 Å². The molecule has 1 atom stereocenters. The number of aryl methyl sites for hydroxylation is 1. The first kappa shape index (κ1) is 14.4. The van der Waals surface area contributed by atoms with Gasteiger partial charge in [0.1, 0.15) is 11.6 Å². The Bertz CT molecular complexity index is 543. The van der Waals surface area contributed by atoms with E-state index in [1.54, 1.807) is 18.4 Å². The SMILES string of the molecule is CNC(CCc1ccsc1)c1cc(F)c(Cl)cc1F. The highest BCUT2D eigenvalue weighted by atomic mass is 35.5. The molecule has 0 aliphatic carbocycles. The van der Waals surface area contributed by atoms with Crippen molar-refractivity contribution in [3.05, 3.63) is 56.7 Å². The van der Waals surface area contributed by atoms with Crippen molar-refractivity contribution in [3.63, 3.8) is 0 Å². The summed E-state index contributed by atoms with van der Waals surface area (Å²) in [4.78, 5) is 0. The minimum absolute atomic E-state index is 0.186. The Morgan fingerprint density at radius 1 is 1.32 bits per heavy atom. The van der Waals surface area contributed by atoms with E-state index in [-0.39, 0.29) is 11.1 Å². The summed E-state index contributed by atoms with van der Waals surface area (Å²) in [5.74, 6) is -1.06. The summed E-state index contributed by atoms with van der Waals surface area (Å²) in [5, 5.41) is 6.90. The fourth-order valence-electron chi connectivity index (χ4n) is 2.01. The Morgan fingerprint density at radius 3 is 2.74 bits per heavy atom. The molecule has 0 aliphatic heterocycles. The molecule has 1 N–H and O–H groups in total. The second-order valence-electron chi connectivity index (χ2n) is 4.30. The normalized spacial score (nSPS) is 12.6. The van der Waals surface area contributed by atoms with Crippen molar-refractivity contribution in [2.75, 3.05) is 7.05 Å². The van der Waals surface area contributed by atoms with Gasteiger partial charge in [0.2, 0.25) is 0 Å². The summed E-state index contributed by atoms with van der Waals surface area (Å²) >= 11 is 7.19. The number of hydrogen-bond donors (Lipinski definition) is 1. The van der Waals surface area contributed by atoms with E-state index in [1.807, 2.05) is 11.4 Å². The molecule has 0 spiro atoms. The summed E-state index contributed by atoms with van der Waals surface area (Å²) < 4.78 is 27.3. The zero-order chi connectivity index (χ0) is 13.8. The zero-order valence-electron chi connectivity index (χ0n) is 10.4. The highest BCUT2D eigenvalue weighted by Crippen LogP contribution is 2.26. The maximum atomic E-state index is 13.8. The van der Waals surface area contributed by atoms with Gasteiger partial charge < -0.3 is 5.32 Å². The van der Waals surface area contributed by atoms with Crippen molar-refractivity contribution in [1.29, 1.82) is 0 Å². The molecule has 2 rings (SSSR count). The molecule has 0 bridgehead atoms. The van der Waals surface area contributed by atoms with E-state index in [9.17, 15) is 8.78 Å². The monoisotopic (exact) mass is 301 g/mol. The number of hydrogen-bond acceptors (Lipinski definition) is 2. The van der Waals surface area contributed by atoms with E-state index in [0.29, 0.717) is 12.0 Å². The topological polar surface area (TPSA) is 12.0 Å². The Kier molecular flexibility index (Phi) is 4.91. The third kappa shape index (κ3) is 3.53. The number of rotatable bonds is 5. The summed E-state index contributed by atoms with van der Waals surface area (Å²) in [5.41, 5.74) is 1.53. The number of thiophene rings is 1. The van der Waals surface area contributed by atoms with Crippen LogP contribution in [-0.2, 0) is 6.42 Å². The molecule has 0 fully saturated rings. The summed E-state index contributed by atoms with van der Waals surface area (Å²) in [6, 6.07) is 4.01. The minimum Gasteiger partial charge on any atom is -0.313 e. The van der Waals surface area contributed by atoms with Gasteiger partial charge in [-0.25, -0.2) is 8.78 Å². The molecule has 5 heteroatoms. The first-order chi connectivity index (χ1) is 9.11. The maximum Gasteiger partial charge on any atom is 0.142 e. The minimum atomic E-state index is -0.589. The molecular weight excluding hydrogens is 288 g/mol. The molecule has 102 valence electrons. The number of halogens is 3. The van der Waals surface area contributed by atoms with Crippen LogP contribution in [0.3, 0.4) is 0 Å². The third-order valence-corrected chi connectivity index (χ3v) is 4.09. The van der Waals surface area contributed by atoms with Crippen LogP contribution in [0.2, 0.25) is 5.02 Å². The fourth-order valence-corrected chi connectivity index (χ4v) is 2.86. The van der Waals surface area contributed by atoms with Crippen molar-refractivity contribution in [3.8, 4) is 0 Å². The second-order valence-corrected chi connectivity index (χ2v) is 5.49. The number of benzene rings is 1. The highest BCUT2D eigenvalue weighted by Gasteiger charge is 2.17. The summed E-state index contributed by atoms with van der Waals surface area (Å²) in [6.45, 7) is 0. The lowest BCUT2D eigenvalue weighted by Crippen LogP contribution is -2.18. The van der Waals surface area contributed by atoms with Crippen molar-refractivity contribution in [2.24, 2.45) is 0 Å². The Hall–Kier alpha value is -0.970. The molecule has 2 aromatic rings. The lowest BCUT2D eigenvalue weighted by atomic mass is 9.99. The predicted octanol–water partition coefficient (Wildman–Crippen LogP) is 4.57. The molecule has 19 heavy (non-hydrogen) atoms. The Morgan fingerprint density at radius 2 is 2.11 bits per heavy atom. The molecule has 0 saturated carbocycles. The van der Waals surface area contributed by atoms with Crippen molar-refractivity contribution < 1.29 is 8.78 Å². The van der Waals surface area contributed by atoms with Crippen LogP contribution in [0.25, 0.3) is 0 Å². The smallest absolute Gasteiger partial charge is 0.142 e. The van der Waals surface area contributed by atoms with Crippen molar-refractivity contribution >= 4 is 22.9 Å². The highest BCUT2D eigenvalue weighted by molar-refractivity contribution is 7.07. The predicted molar refractivity (Wildman–Crippen MR) is 75.8 cm³/mol. The van der Waals surface area contributed by atoms with Gasteiger partial charge in [0, 0.05) is 11.6 Å². The first-order valence-corrected chi connectivity index (χ1v) is 7.26. The average Bonchev–Trinajstić information content (AvgIpc) is 2.89. The fraction of sp³-hybridized carbons (Fsp3) is 0.286. The van der Waals surface area contributed by atoms with Gasteiger partial charge in [-0.2, -0.15) is 11.3 Å². The summed E-state index contributed by atoms with van der Waals surface area (Å²) in [7, 11) is 1.74. The van der Waals surface area contributed by atoms with E-state index >= 15 is 0 Å². The molecule has 0 aliphatic rings. The van der Waals surface area contributed by atoms with Crippen molar-refractivity contribution in [1.82, 2.24) is 5.32 Å². The number of nitrogens with one attached hydrogen (secondary N) is 1. The van der Waals surface area contributed by atoms with Gasteiger partial charge in [-0.3, -0.25) is 0 Å². The first-order valence-electron chi connectivity index (χ1n) is 5.94. The largest absolute Gasteiger partial charge is 0.313 e. The van der Waals surface area contributed by atoms with E-state index in [0.717, 1.165) is 12.5 Å². The van der Waals surface area contributed by atoms with E-state index < -0.39 is 11.6 Å². The molecular formula is C14H14ClF2NS.